The van der Waals surface area contributed by atoms with Crippen LogP contribution in [0.1, 0.15) is 42.1 Å². The SMILES string of the molecule is CCc1ccc(C(=O)NCCCOCC2CC2)cc1. The van der Waals surface area contributed by atoms with E-state index in [2.05, 4.69) is 12.2 Å². The van der Waals surface area contributed by atoms with Gasteiger partial charge in [-0.2, -0.15) is 0 Å². The van der Waals surface area contributed by atoms with Crippen LogP contribution < -0.4 is 5.32 Å². The largest absolute Gasteiger partial charge is 0.381 e. The fourth-order valence-electron chi connectivity index (χ4n) is 1.90. The summed E-state index contributed by atoms with van der Waals surface area (Å²) < 4.78 is 5.52. The van der Waals surface area contributed by atoms with Gasteiger partial charge in [0, 0.05) is 25.3 Å². The van der Waals surface area contributed by atoms with E-state index in [4.69, 9.17) is 4.74 Å². The molecule has 0 aromatic heterocycles. The van der Waals surface area contributed by atoms with Crippen molar-refractivity contribution in [2.75, 3.05) is 19.8 Å². The molecule has 1 aromatic carbocycles. The fraction of sp³-hybridized carbons (Fsp3) is 0.562. The van der Waals surface area contributed by atoms with E-state index < -0.39 is 0 Å². The van der Waals surface area contributed by atoms with Crippen molar-refractivity contribution in [3.8, 4) is 0 Å². The molecule has 0 heterocycles. The highest BCUT2D eigenvalue weighted by Gasteiger charge is 2.20. The van der Waals surface area contributed by atoms with Crippen LogP contribution in [0, 0.1) is 5.92 Å². The summed E-state index contributed by atoms with van der Waals surface area (Å²) in [5.74, 6) is 0.816. The van der Waals surface area contributed by atoms with E-state index in [1.165, 1.54) is 18.4 Å². The second-order valence-corrected chi connectivity index (χ2v) is 5.18. The predicted octanol–water partition coefficient (Wildman–Crippen LogP) is 2.80. The van der Waals surface area contributed by atoms with Gasteiger partial charge in [0.05, 0.1) is 0 Å². The van der Waals surface area contributed by atoms with Gasteiger partial charge in [-0.05, 0) is 49.3 Å². The number of ether oxygens (including phenoxy) is 1. The Morgan fingerprint density at radius 1 is 1.32 bits per heavy atom. The zero-order valence-corrected chi connectivity index (χ0v) is 11.7. The quantitative estimate of drug-likeness (QED) is 0.731. The maximum Gasteiger partial charge on any atom is 0.251 e. The Morgan fingerprint density at radius 3 is 2.68 bits per heavy atom. The van der Waals surface area contributed by atoms with E-state index in [0.717, 1.165) is 37.5 Å². The Labute approximate surface area is 115 Å². The summed E-state index contributed by atoms with van der Waals surface area (Å²) in [7, 11) is 0. The normalized spacial score (nSPS) is 14.4. The summed E-state index contributed by atoms with van der Waals surface area (Å²) in [5, 5.41) is 2.92. The van der Waals surface area contributed by atoms with Crippen molar-refractivity contribution in [3.05, 3.63) is 35.4 Å². The van der Waals surface area contributed by atoms with Gasteiger partial charge in [0.15, 0.2) is 0 Å². The lowest BCUT2D eigenvalue weighted by atomic mass is 10.1. The van der Waals surface area contributed by atoms with E-state index in [1.807, 2.05) is 24.3 Å². The minimum absolute atomic E-state index is 0.00449. The summed E-state index contributed by atoms with van der Waals surface area (Å²) in [4.78, 5) is 11.8. The summed E-state index contributed by atoms with van der Waals surface area (Å²) >= 11 is 0. The van der Waals surface area contributed by atoms with Gasteiger partial charge >= 0.3 is 0 Å². The molecule has 19 heavy (non-hydrogen) atoms. The molecule has 2 rings (SSSR count). The topological polar surface area (TPSA) is 38.3 Å². The molecular formula is C16H23NO2. The maximum atomic E-state index is 11.8. The van der Waals surface area contributed by atoms with E-state index in [9.17, 15) is 4.79 Å². The van der Waals surface area contributed by atoms with Crippen LogP contribution in [-0.4, -0.2) is 25.7 Å². The molecule has 3 nitrogen and oxygen atoms in total. The molecule has 1 aliphatic carbocycles. The van der Waals surface area contributed by atoms with Gasteiger partial charge in [-0.3, -0.25) is 4.79 Å². The molecule has 1 N–H and O–H groups in total. The molecule has 0 bridgehead atoms. The molecule has 1 fully saturated rings. The number of hydrogen-bond donors (Lipinski definition) is 1. The minimum atomic E-state index is 0.00449. The molecule has 0 atom stereocenters. The minimum Gasteiger partial charge on any atom is -0.381 e. The molecule has 0 saturated heterocycles. The molecule has 0 aliphatic heterocycles. The Morgan fingerprint density at radius 2 is 2.05 bits per heavy atom. The first-order valence-electron chi connectivity index (χ1n) is 7.24. The average Bonchev–Trinajstić information content (AvgIpc) is 3.26. The number of nitrogens with one attached hydrogen (secondary N) is 1. The Balaban J connectivity index is 1.59. The lowest BCUT2D eigenvalue weighted by Crippen LogP contribution is -2.25. The first-order valence-corrected chi connectivity index (χ1v) is 7.24. The third kappa shape index (κ3) is 5.03. The number of benzene rings is 1. The van der Waals surface area contributed by atoms with E-state index >= 15 is 0 Å². The van der Waals surface area contributed by atoms with Crippen LogP contribution in [0.4, 0.5) is 0 Å². The van der Waals surface area contributed by atoms with Crippen molar-refractivity contribution >= 4 is 5.91 Å². The number of hydrogen-bond acceptors (Lipinski definition) is 2. The standard InChI is InChI=1S/C16H23NO2/c1-2-13-6-8-15(9-7-13)16(18)17-10-3-11-19-12-14-4-5-14/h6-9,14H,2-5,10-12H2,1H3,(H,17,18). The molecule has 1 aromatic rings. The molecule has 1 amide bonds. The number of carbonyl (C=O) groups is 1. The summed E-state index contributed by atoms with van der Waals surface area (Å²) in [6.45, 7) is 4.42. The van der Waals surface area contributed by atoms with Gasteiger partial charge in [-0.15, -0.1) is 0 Å². The van der Waals surface area contributed by atoms with Gasteiger partial charge < -0.3 is 10.1 Å². The zero-order valence-electron chi connectivity index (χ0n) is 11.7. The smallest absolute Gasteiger partial charge is 0.251 e. The summed E-state index contributed by atoms with van der Waals surface area (Å²) in [6.07, 6.45) is 4.53. The lowest BCUT2D eigenvalue weighted by Gasteiger charge is -2.06. The lowest BCUT2D eigenvalue weighted by molar-refractivity contribution is 0.0937. The van der Waals surface area contributed by atoms with E-state index in [1.54, 1.807) is 0 Å². The van der Waals surface area contributed by atoms with Crippen molar-refractivity contribution in [1.82, 2.24) is 5.32 Å². The number of rotatable bonds is 8. The molecule has 104 valence electrons. The zero-order chi connectivity index (χ0) is 13.5. The monoisotopic (exact) mass is 261 g/mol. The van der Waals surface area contributed by atoms with Gasteiger partial charge in [-0.1, -0.05) is 19.1 Å². The second-order valence-electron chi connectivity index (χ2n) is 5.18. The second kappa shape index (κ2) is 7.29. The first kappa shape index (κ1) is 14.1. The van der Waals surface area contributed by atoms with Gasteiger partial charge in [0.25, 0.3) is 5.91 Å². The van der Waals surface area contributed by atoms with E-state index in [0.29, 0.717) is 6.54 Å². The van der Waals surface area contributed by atoms with Crippen molar-refractivity contribution in [2.24, 2.45) is 5.92 Å². The van der Waals surface area contributed by atoms with Crippen LogP contribution >= 0.6 is 0 Å². The van der Waals surface area contributed by atoms with Crippen molar-refractivity contribution in [3.63, 3.8) is 0 Å². The number of aryl methyl sites for hydroxylation is 1. The van der Waals surface area contributed by atoms with Gasteiger partial charge in [-0.25, -0.2) is 0 Å². The highest BCUT2D eigenvalue weighted by atomic mass is 16.5. The summed E-state index contributed by atoms with van der Waals surface area (Å²) in [6, 6.07) is 7.79. The van der Waals surface area contributed by atoms with Crippen LogP contribution in [0.25, 0.3) is 0 Å². The van der Waals surface area contributed by atoms with Crippen LogP contribution in [0.2, 0.25) is 0 Å². The number of carbonyl (C=O) groups excluding carboxylic acids is 1. The molecule has 0 unspecified atom stereocenters. The molecule has 0 spiro atoms. The molecule has 1 saturated carbocycles. The van der Waals surface area contributed by atoms with Crippen molar-refractivity contribution in [2.45, 2.75) is 32.6 Å². The third-order valence-corrected chi connectivity index (χ3v) is 3.43. The Kier molecular flexibility index (Phi) is 5.40. The van der Waals surface area contributed by atoms with E-state index in [-0.39, 0.29) is 5.91 Å². The summed E-state index contributed by atoms with van der Waals surface area (Å²) in [5.41, 5.74) is 1.99. The van der Waals surface area contributed by atoms with Crippen LogP contribution in [-0.2, 0) is 11.2 Å². The molecular weight excluding hydrogens is 238 g/mol. The third-order valence-electron chi connectivity index (χ3n) is 3.43. The molecule has 3 heteroatoms. The van der Waals surface area contributed by atoms with Crippen LogP contribution in [0.15, 0.2) is 24.3 Å². The highest BCUT2D eigenvalue weighted by Crippen LogP contribution is 2.28. The van der Waals surface area contributed by atoms with Gasteiger partial charge in [0.2, 0.25) is 0 Å². The Bertz CT molecular complexity index is 396. The Hall–Kier alpha value is -1.35. The fourth-order valence-corrected chi connectivity index (χ4v) is 1.90. The molecule has 1 aliphatic rings. The van der Waals surface area contributed by atoms with Crippen molar-refractivity contribution in [1.29, 1.82) is 0 Å². The predicted molar refractivity (Wildman–Crippen MR) is 76.3 cm³/mol. The highest BCUT2D eigenvalue weighted by molar-refractivity contribution is 5.94. The van der Waals surface area contributed by atoms with Crippen molar-refractivity contribution < 1.29 is 9.53 Å². The molecule has 0 radical (unpaired) electrons. The van der Waals surface area contributed by atoms with Crippen LogP contribution in [0.3, 0.4) is 0 Å². The number of amides is 1. The first-order chi connectivity index (χ1) is 9.29. The van der Waals surface area contributed by atoms with Crippen LogP contribution in [0.5, 0.6) is 0 Å². The van der Waals surface area contributed by atoms with Gasteiger partial charge in [0.1, 0.15) is 0 Å². The average molecular weight is 261 g/mol. The maximum absolute atomic E-state index is 11.8.